The number of fused-ring (bicyclic) bond motifs is 1. The highest BCUT2D eigenvalue weighted by Crippen LogP contribution is 2.35. The van der Waals surface area contributed by atoms with Crippen LogP contribution in [0.15, 0.2) is 48.9 Å². The summed E-state index contributed by atoms with van der Waals surface area (Å²) in [6.07, 6.45) is 5.75. The monoisotopic (exact) mass is 352 g/mol. The number of para-hydroxylation sites is 2. The quantitative estimate of drug-likeness (QED) is 0.722. The van der Waals surface area contributed by atoms with E-state index in [1.807, 2.05) is 24.3 Å². The van der Waals surface area contributed by atoms with E-state index in [0.717, 1.165) is 17.9 Å². The van der Waals surface area contributed by atoms with Crippen molar-refractivity contribution in [3.05, 3.63) is 53.8 Å². The van der Waals surface area contributed by atoms with Gasteiger partial charge in [-0.05, 0) is 24.6 Å². The molecule has 0 spiro atoms. The zero-order valence-corrected chi connectivity index (χ0v) is 14.4. The molecule has 3 heterocycles. The minimum absolute atomic E-state index is 0.0105. The van der Waals surface area contributed by atoms with E-state index in [1.54, 1.807) is 29.6 Å². The normalized spacial score (nSPS) is 16.2. The molecule has 0 aliphatic carbocycles. The minimum atomic E-state index is -0.0751. The Morgan fingerprint density at radius 1 is 1.24 bits per heavy atom. The highest BCUT2D eigenvalue weighted by atomic mass is 32.1. The maximum absolute atomic E-state index is 13.1. The van der Waals surface area contributed by atoms with Crippen molar-refractivity contribution in [2.24, 2.45) is 0 Å². The molecule has 1 atom stereocenters. The molecule has 2 aromatic heterocycles. The third-order valence-corrected chi connectivity index (χ3v) is 4.99. The second kappa shape index (κ2) is 6.60. The third-order valence-electron chi connectivity index (χ3n) is 4.01. The van der Waals surface area contributed by atoms with E-state index >= 15 is 0 Å². The standard InChI is InChI=1S/C18H16N4O2S/c1-2-12-11-22(13-6-3-4-7-14(13)24-12)18(23)15-10-21-17(25-15)16-19-8-5-9-20-16/h3-10,12H,2,11H2,1H3/t12-/m0/s1. The number of benzene rings is 1. The van der Waals surface area contributed by atoms with Crippen LogP contribution in [0.2, 0.25) is 0 Å². The summed E-state index contributed by atoms with van der Waals surface area (Å²) >= 11 is 1.30. The van der Waals surface area contributed by atoms with Gasteiger partial charge in [0.1, 0.15) is 16.7 Å². The summed E-state index contributed by atoms with van der Waals surface area (Å²) < 4.78 is 5.95. The van der Waals surface area contributed by atoms with Crippen molar-refractivity contribution in [1.82, 2.24) is 15.0 Å². The van der Waals surface area contributed by atoms with Gasteiger partial charge in [0.25, 0.3) is 5.91 Å². The lowest BCUT2D eigenvalue weighted by molar-refractivity contribution is 0.0958. The van der Waals surface area contributed by atoms with Gasteiger partial charge in [0, 0.05) is 12.4 Å². The summed E-state index contributed by atoms with van der Waals surface area (Å²) in [6, 6.07) is 9.37. The fraction of sp³-hybridized carbons (Fsp3) is 0.222. The molecule has 126 valence electrons. The molecule has 0 saturated heterocycles. The van der Waals surface area contributed by atoms with Crippen LogP contribution < -0.4 is 9.64 Å². The molecule has 6 nitrogen and oxygen atoms in total. The summed E-state index contributed by atoms with van der Waals surface area (Å²) in [6.45, 7) is 2.58. The molecule has 0 radical (unpaired) electrons. The van der Waals surface area contributed by atoms with Crippen LogP contribution in [0, 0.1) is 0 Å². The number of anilines is 1. The average Bonchev–Trinajstić information content (AvgIpc) is 3.17. The van der Waals surface area contributed by atoms with Gasteiger partial charge in [0.05, 0.1) is 18.4 Å². The number of carbonyl (C=O) groups excluding carboxylic acids is 1. The second-order valence-corrected chi connectivity index (χ2v) is 6.66. The highest BCUT2D eigenvalue weighted by Gasteiger charge is 2.30. The van der Waals surface area contributed by atoms with Crippen molar-refractivity contribution in [1.29, 1.82) is 0 Å². The number of thiazole rings is 1. The Morgan fingerprint density at radius 3 is 2.84 bits per heavy atom. The van der Waals surface area contributed by atoms with E-state index < -0.39 is 0 Å². The van der Waals surface area contributed by atoms with E-state index in [2.05, 4.69) is 21.9 Å². The number of amides is 1. The molecule has 1 aliphatic rings. The number of ether oxygens (including phenoxy) is 1. The molecular formula is C18H16N4O2S. The van der Waals surface area contributed by atoms with E-state index in [1.165, 1.54) is 11.3 Å². The van der Waals surface area contributed by atoms with Gasteiger partial charge in [-0.1, -0.05) is 19.1 Å². The molecule has 1 aliphatic heterocycles. The van der Waals surface area contributed by atoms with Crippen molar-refractivity contribution in [3.8, 4) is 16.6 Å². The molecule has 1 amide bonds. The zero-order chi connectivity index (χ0) is 17.2. The first-order valence-corrected chi connectivity index (χ1v) is 8.88. The van der Waals surface area contributed by atoms with Gasteiger partial charge in [0.15, 0.2) is 10.8 Å². The summed E-state index contributed by atoms with van der Waals surface area (Å²) in [4.78, 5) is 28.1. The van der Waals surface area contributed by atoms with Gasteiger partial charge in [0.2, 0.25) is 0 Å². The molecule has 0 N–H and O–H groups in total. The fourth-order valence-corrected chi connectivity index (χ4v) is 3.54. The lowest BCUT2D eigenvalue weighted by atomic mass is 10.1. The van der Waals surface area contributed by atoms with Crippen LogP contribution in [0.3, 0.4) is 0 Å². The number of aromatic nitrogens is 3. The van der Waals surface area contributed by atoms with E-state index in [0.29, 0.717) is 22.3 Å². The predicted octanol–water partition coefficient (Wildman–Crippen LogP) is 3.42. The van der Waals surface area contributed by atoms with Crippen molar-refractivity contribution in [2.75, 3.05) is 11.4 Å². The molecular weight excluding hydrogens is 336 g/mol. The third kappa shape index (κ3) is 2.98. The number of hydrogen-bond acceptors (Lipinski definition) is 6. The summed E-state index contributed by atoms with van der Waals surface area (Å²) in [5.74, 6) is 1.19. The van der Waals surface area contributed by atoms with Crippen molar-refractivity contribution >= 4 is 22.9 Å². The second-order valence-electron chi connectivity index (χ2n) is 5.63. The number of rotatable bonds is 3. The SMILES string of the molecule is CC[C@H]1CN(C(=O)c2cnc(-c3ncccn3)s2)c2ccccc2O1. The summed E-state index contributed by atoms with van der Waals surface area (Å²) in [5, 5.41) is 0.637. The molecule has 7 heteroatoms. The highest BCUT2D eigenvalue weighted by molar-refractivity contribution is 7.16. The van der Waals surface area contributed by atoms with Crippen molar-refractivity contribution in [2.45, 2.75) is 19.4 Å². The first kappa shape index (κ1) is 15.7. The number of nitrogens with zero attached hydrogens (tertiary/aromatic N) is 4. The number of carbonyl (C=O) groups is 1. The Balaban J connectivity index is 1.66. The van der Waals surface area contributed by atoms with Crippen LogP contribution >= 0.6 is 11.3 Å². The first-order valence-electron chi connectivity index (χ1n) is 8.07. The van der Waals surface area contributed by atoms with E-state index in [9.17, 15) is 4.79 Å². The summed E-state index contributed by atoms with van der Waals surface area (Å²) in [7, 11) is 0. The molecule has 1 aromatic carbocycles. The van der Waals surface area contributed by atoms with Crippen LogP contribution in [0.5, 0.6) is 5.75 Å². The van der Waals surface area contributed by atoms with Crippen LogP contribution in [-0.2, 0) is 0 Å². The van der Waals surface area contributed by atoms with E-state index in [-0.39, 0.29) is 12.0 Å². The lowest BCUT2D eigenvalue weighted by Gasteiger charge is -2.34. The Labute approximate surface area is 149 Å². The minimum Gasteiger partial charge on any atom is -0.486 e. The predicted molar refractivity (Wildman–Crippen MR) is 96.0 cm³/mol. The topological polar surface area (TPSA) is 68.2 Å². The Hall–Kier alpha value is -2.80. The Kier molecular flexibility index (Phi) is 4.15. The maximum Gasteiger partial charge on any atom is 0.270 e. The smallest absolute Gasteiger partial charge is 0.270 e. The molecule has 4 rings (SSSR count). The molecule has 3 aromatic rings. The van der Waals surface area contributed by atoms with Gasteiger partial charge in [-0.15, -0.1) is 11.3 Å². The molecule has 25 heavy (non-hydrogen) atoms. The maximum atomic E-state index is 13.1. The van der Waals surface area contributed by atoms with E-state index in [4.69, 9.17) is 4.74 Å². The Morgan fingerprint density at radius 2 is 2.04 bits per heavy atom. The van der Waals surface area contributed by atoms with Gasteiger partial charge in [-0.25, -0.2) is 15.0 Å². The van der Waals surface area contributed by atoms with Gasteiger partial charge < -0.3 is 9.64 Å². The molecule has 0 fully saturated rings. The average molecular weight is 352 g/mol. The lowest BCUT2D eigenvalue weighted by Crippen LogP contribution is -2.43. The molecule has 0 unspecified atom stereocenters. The van der Waals surface area contributed by atoms with Gasteiger partial charge in [-0.2, -0.15) is 0 Å². The van der Waals surface area contributed by atoms with Crippen molar-refractivity contribution < 1.29 is 9.53 Å². The van der Waals surface area contributed by atoms with Crippen LogP contribution in [0.4, 0.5) is 5.69 Å². The summed E-state index contributed by atoms with van der Waals surface area (Å²) in [5.41, 5.74) is 0.795. The molecule has 0 saturated carbocycles. The van der Waals surface area contributed by atoms with Crippen LogP contribution in [0.1, 0.15) is 23.0 Å². The van der Waals surface area contributed by atoms with Gasteiger partial charge in [-0.3, -0.25) is 4.79 Å². The van der Waals surface area contributed by atoms with Crippen LogP contribution in [0.25, 0.3) is 10.8 Å². The Bertz CT molecular complexity index is 897. The van der Waals surface area contributed by atoms with Crippen LogP contribution in [-0.4, -0.2) is 33.5 Å². The van der Waals surface area contributed by atoms with Gasteiger partial charge >= 0.3 is 0 Å². The number of hydrogen-bond donors (Lipinski definition) is 0. The molecule has 0 bridgehead atoms. The largest absolute Gasteiger partial charge is 0.486 e. The first-order chi connectivity index (χ1) is 12.3. The fourth-order valence-electron chi connectivity index (χ4n) is 2.72. The van der Waals surface area contributed by atoms with Crippen molar-refractivity contribution in [3.63, 3.8) is 0 Å². The zero-order valence-electron chi connectivity index (χ0n) is 13.6.